The maximum Gasteiger partial charge on any atom is 0.0180 e. The second-order valence-corrected chi connectivity index (χ2v) is 5.60. The molecule has 3 rings (SSSR count). The van der Waals surface area contributed by atoms with E-state index in [1.165, 1.54) is 38.8 Å². The molecule has 0 aromatic heterocycles. The zero-order valence-electron chi connectivity index (χ0n) is 10.4. The summed E-state index contributed by atoms with van der Waals surface area (Å²) in [6, 6.07) is 9.40. The lowest BCUT2D eigenvalue weighted by Crippen LogP contribution is -2.31. The molecule has 2 unspecified atom stereocenters. The van der Waals surface area contributed by atoms with E-state index < -0.39 is 0 Å². The zero-order valence-corrected chi connectivity index (χ0v) is 10.4. The van der Waals surface area contributed by atoms with E-state index in [-0.39, 0.29) is 0 Å². The first kappa shape index (κ1) is 11.2. The Morgan fingerprint density at radius 1 is 1.24 bits per heavy atom. The first-order valence-electron chi connectivity index (χ1n) is 6.88. The van der Waals surface area contributed by atoms with Gasteiger partial charge in [0.25, 0.3) is 0 Å². The van der Waals surface area contributed by atoms with Crippen LogP contribution in [0, 0.1) is 0 Å². The summed E-state index contributed by atoms with van der Waals surface area (Å²) in [7, 11) is 0. The number of fused-ring (bicyclic) bond motifs is 1. The number of likely N-dealkylation sites (tertiary alicyclic amines) is 1. The van der Waals surface area contributed by atoms with Crippen LogP contribution in [0.25, 0.3) is 0 Å². The smallest absolute Gasteiger partial charge is 0.0180 e. The summed E-state index contributed by atoms with van der Waals surface area (Å²) in [4.78, 5) is 2.55. The third-order valence-electron chi connectivity index (χ3n) is 4.28. The van der Waals surface area contributed by atoms with Crippen molar-refractivity contribution in [2.24, 2.45) is 5.73 Å². The fourth-order valence-corrected chi connectivity index (χ4v) is 3.38. The Morgan fingerprint density at radius 2 is 2.12 bits per heavy atom. The highest BCUT2D eigenvalue weighted by atomic mass is 15.2. The highest BCUT2D eigenvalue weighted by Gasteiger charge is 2.25. The van der Waals surface area contributed by atoms with E-state index in [0.29, 0.717) is 6.04 Å². The van der Waals surface area contributed by atoms with Crippen molar-refractivity contribution in [2.75, 3.05) is 19.6 Å². The van der Waals surface area contributed by atoms with Crippen LogP contribution in [0.3, 0.4) is 0 Å². The van der Waals surface area contributed by atoms with E-state index in [2.05, 4.69) is 29.2 Å². The van der Waals surface area contributed by atoms with Gasteiger partial charge in [-0.05, 0) is 49.3 Å². The molecule has 0 amide bonds. The summed E-state index contributed by atoms with van der Waals surface area (Å²) < 4.78 is 0. The fourth-order valence-electron chi connectivity index (χ4n) is 3.38. The molecule has 2 nitrogen and oxygen atoms in total. The highest BCUT2D eigenvalue weighted by molar-refractivity contribution is 5.32. The standard InChI is InChI=1S/C15H22N2/c16-14-8-9-17(11-14)10-13-6-3-5-12-4-1-2-7-15(12)13/h1-2,4,7,13-14H,3,5-6,8-11,16H2. The van der Waals surface area contributed by atoms with E-state index in [4.69, 9.17) is 5.73 Å². The van der Waals surface area contributed by atoms with Gasteiger partial charge in [0.1, 0.15) is 0 Å². The van der Waals surface area contributed by atoms with Crippen molar-refractivity contribution in [1.82, 2.24) is 4.90 Å². The molecule has 1 heterocycles. The van der Waals surface area contributed by atoms with Gasteiger partial charge in [-0.2, -0.15) is 0 Å². The molecule has 2 N–H and O–H groups in total. The van der Waals surface area contributed by atoms with E-state index in [1.807, 2.05) is 0 Å². The minimum Gasteiger partial charge on any atom is -0.326 e. The van der Waals surface area contributed by atoms with Gasteiger partial charge in [-0.1, -0.05) is 24.3 Å². The minimum atomic E-state index is 0.411. The number of aryl methyl sites for hydroxylation is 1. The second kappa shape index (κ2) is 4.79. The Balaban J connectivity index is 1.72. The van der Waals surface area contributed by atoms with Crippen molar-refractivity contribution in [1.29, 1.82) is 0 Å². The van der Waals surface area contributed by atoms with Crippen LogP contribution in [0.15, 0.2) is 24.3 Å². The van der Waals surface area contributed by atoms with Gasteiger partial charge >= 0.3 is 0 Å². The molecule has 17 heavy (non-hydrogen) atoms. The van der Waals surface area contributed by atoms with Crippen molar-refractivity contribution in [3.8, 4) is 0 Å². The third kappa shape index (κ3) is 2.38. The first-order valence-corrected chi connectivity index (χ1v) is 6.88. The van der Waals surface area contributed by atoms with Crippen LogP contribution >= 0.6 is 0 Å². The summed E-state index contributed by atoms with van der Waals surface area (Å²) in [5, 5.41) is 0. The van der Waals surface area contributed by atoms with Gasteiger partial charge in [0.2, 0.25) is 0 Å². The third-order valence-corrected chi connectivity index (χ3v) is 4.28. The molecule has 0 spiro atoms. The quantitative estimate of drug-likeness (QED) is 0.843. The molecule has 1 aliphatic heterocycles. The molecular formula is C15H22N2. The molecule has 2 atom stereocenters. The van der Waals surface area contributed by atoms with Gasteiger partial charge in [-0.15, -0.1) is 0 Å². The normalized spacial score (nSPS) is 29.2. The molecule has 0 bridgehead atoms. The second-order valence-electron chi connectivity index (χ2n) is 5.60. The van der Waals surface area contributed by atoms with E-state index in [9.17, 15) is 0 Å². The molecule has 2 aliphatic rings. The average Bonchev–Trinajstić information content (AvgIpc) is 2.75. The summed E-state index contributed by atoms with van der Waals surface area (Å²) >= 11 is 0. The Bertz CT molecular complexity index is 388. The van der Waals surface area contributed by atoms with Crippen molar-refractivity contribution in [3.05, 3.63) is 35.4 Å². The van der Waals surface area contributed by atoms with Gasteiger partial charge < -0.3 is 10.6 Å². The van der Waals surface area contributed by atoms with Crippen LogP contribution < -0.4 is 5.73 Å². The van der Waals surface area contributed by atoms with Crippen LogP contribution in [0.2, 0.25) is 0 Å². The van der Waals surface area contributed by atoms with E-state index in [1.54, 1.807) is 11.1 Å². The lowest BCUT2D eigenvalue weighted by Gasteiger charge is -2.29. The van der Waals surface area contributed by atoms with Crippen LogP contribution in [-0.2, 0) is 6.42 Å². The van der Waals surface area contributed by atoms with E-state index >= 15 is 0 Å². The molecule has 0 saturated carbocycles. The van der Waals surface area contributed by atoms with Crippen molar-refractivity contribution < 1.29 is 0 Å². The number of benzene rings is 1. The van der Waals surface area contributed by atoms with Crippen LogP contribution in [0.1, 0.15) is 36.3 Å². The highest BCUT2D eigenvalue weighted by Crippen LogP contribution is 2.32. The summed E-state index contributed by atoms with van der Waals surface area (Å²) in [6.07, 6.45) is 5.14. The molecule has 1 saturated heterocycles. The maximum atomic E-state index is 5.98. The predicted molar refractivity (Wildman–Crippen MR) is 71.2 cm³/mol. The lowest BCUT2D eigenvalue weighted by atomic mass is 9.82. The Kier molecular flexibility index (Phi) is 3.17. The SMILES string of the molecule is NC1CCN(CC2CCCc3ccccc32)C1. The Labute approximate surface area is 104 Å². The molecule has 1 aromatic carbocycles. The average molecular weight is 230 g/mol. The van der Waals surface area contributed by atoms with Crippen LogP contribution in [0.4, 0.5) is 0 Å². The van der Waals surface area contributed by atoms with Gasteiger partial charge in [-0.25, -0.2) is 0 Å². The molecule has 1 aromatic rings. The maximum absolute atomic E-state index is 5.98. The van der Waals surface area contributed by atoms with E-state index in [0.717, 1.165) is 12.5 Å². The molecule has 92 valence electrons. The molecule has 1 aliphatic carbocycles. The van der Waals surface area contributed by atoms with Crippen molar-refractivity contribution in [2.45, 2.75) is 37.6 Å². The Morgan fingerprint density at radius 3 is 2.94 bits per heavy atom. The number of hydrogen-bond acceptors (Lipinski definition) is 2. The topological polar surface area (TPSA) is 29.3 Å². The molecule has 0 radical (unpaired) electrons. The number of nitrogens with two attached hydrogens (primary N) is 1. The summed E-state index contributed by atoms with van der Waals surface area (Å²) in [6.45, 7) is 3.50. The van der Waals surface area contributed by atoms with Gasteiger partial charge in [0.15, 0.2) is 0 Å². The molecule has 2 heteroatoms. The molecular weight excluding hydrogens is 208 g/mol. The summed E-state index contributed by atoms with van der Waals surface area (Å²) in [5.74, 6) is 0.741. The van der Waals surface area contributed by atoms with Gasteiger partial charge in [0, 0.05) is 19.1 Å². The molecule has 1 fully saturated rings. The van der Waals surface area contributed by atoms with Crippen molar-refractivity contribution >= 4 is 0 Å². The monoisotopic (exact) mass is 230 g/mol. The van der Waals surface area contributed by atoms with Crippen molar-refractivity contribution in [3.63, 3.8) is 0 Å². The van der Waals surface area contributed by atoms with Gasteiger partial charge in [0.05, 0.1) is 0 Å². The predicted octanol–water partition coefficient (Wildman–Crippen LogP) is 2.14. The Hall–Kier alpha value is -0.860. The number of nitrogens with zero attached hydrogens (tertiary/aromatic N) is 1. The number of rotatable bonds is 2. The fraction of sp³-hybridized carbons (Fsp3) is 0.600. The van der Waals surface area contributed by atoms with Crippen LogP contribution in [0.5, 0.6) is 0 Å². The zero-order chi connectivity index (χ0) is 11.7. The summed E-state index contributed by atoms with van der Waals surface area (Å²) in [5.41, 5.74) is 9.16. The number of hydrogen-bond donors (Lipinski definition) is 1. The van der Waals surface area contributed by atoms with Gasteiger partial charge in [-0.3, -0.25) is 0 Å². The minimum absolute atomic E-state index is 0.411. The van der Waals surface area contributed by atoms with Crippen LogP contribution in [-0.4, -0.2) is 30.6 Å². The first-order chi connectivity index (χ1) is 8.33. The largest absolute Gasteiger partial charge is 0.326 e. The lowest BCUT2D eigenvalue weighted by molar-refractivity contribution is 0.297.